The third-order valence-corrected chi connectivity index (χ3v) is 3.91. The number of aromatic nitrogens is 1. The van der Waals surface area contributed by atoms with Gasteiger partial charge in [-0.05, 0) is 24.6 Å². The van der Waals surface area contributed by atoms with Gasteiger partial charge in [0.1, 0.15) is 0 Å². The minimum Gasteiger partial charge on any atom is -0.378 e. The van der Waals surface area contributed by atoms with E-state index in [0.717, 1.165) is 32.8 Å². The van der Waals surface area contributed by atoms with Crippen molar-refractivity contribution in [2.75, 3.05) is 32.8 Å². The highest BCUT2D eigenvalue weighted by Crippen LogP contribution is 2.27. The molecule has 4 heteroatoms. The fourth-order valence-corrected chi connectivity index (χ4v) is 2.98. The van der Waals surface area contributed by atoms with Gasteiger partial charge in [0.15, 0.2) is 0 Å². The van der Waals surface area contributed by atoms with Gasteiger partial charge in [-0.15, -0.1) is 0 Å². The first-order valence-electron chi connectivity index (χ1n) is 6.50. The molecule has 0 bridgehead atoms. The van der Waals surface area contributed by atoms with Gasteiger partial charge >= 0.3 is 0 Å². The molecule has 0 spiro atoms. The quantitative estimate of drug-likeness (QED) is 0.779. The molecule has 1 N–H and O–H groups in total. The molecule has 2 saturated heterocycles. The summed E-state index contributed by atoms with van der Waals surface area (Å²) in [4.78, 5) is 2.62. The summed E-state index contributed by atoms with van der Waals surface area (Å²) in [6.45, 7) is 4.99. The second-order valence-electron chi connectivity index (χ2n) is 5.09. The largest absolute Gasteiger partial charge is 0.378 e. The Balaban J connectivity index is 1.85. The lowest BCUT2D eigenvalue weighted by atomic mass is 10.1. The number of aryl methyl sites for hydroxylation is 1. The van der Waals surface area contributed by atoms with Crippen LogP contribution < -0.4 is 5.32 Å². The summed E-state index contributed by atoms with van der Waals surface area (Å²) in [5.74, 6) is 0. The second kappa shape index (κ2) is 4.80. The van der Waals surface area contributed by atoms with Crippen LogP contribution >= 0.6 is 0 Å². The van der Waals surface area contributed by atoms with Crippen molar-refractivity contribution in [3.05, 3.63) is 24.0 Å². The monoisotopic (exact) mass is 235 g/mol. The number of ether oxygens (including phenoxy) is 1. The van der Waals surface area contributed by atoms with Crippen molar-refractivity contribution in [2.45, 2.75) is 18.5 Å². The summed E-state index contributed by atoms with van der Waals surface area (Å²) in [5.41, 5.74) is 1.42. The van der Waals surface area contributed by atoms with Gasteiger partial charge in [-0.1, -0.05) is 0 Å². The number of rotatable bonds is 1. The zero-order valence-corrected chi connectivity index (χ0v) is 10.4. The summed E-state index contributed by atoms with van der Waals surface area (Å²) in [7, 11) is 2.09. The van der Waals surface area contributed by atoms with Crippen molar-refractivity contribution in [2.24, 2.45) is 7.05 Å². The Morgan fingerprint density at radius 1 is 1.47 bits per heavy atom. The number of hydrogen-bond donors (Lipinski definition) is 1. The molecule has 2 aliphatic rings. The van der Waals surface area contributed by atoms with E-state index in [1.165, 1.54) is 12.0 Å². The topological polar surface area (TPSA) is 29.4 Å². The molecule has 1 aromatic rings. The van der Waals surface area contributed by atoms with Crippen molar-refractivity contribution in [3.8, 4) is 0 Å². The van der Waals surface area contributed by atoms with Gasteiger partial charge in [-0.2, -0.15) is 0 Å². The van der Waals surface area contributed by atoms with Gasteiger partial charge in [0.25, 0.3) is 0 Å². The Bertz CT molecular complexity index is 376. The maximum atomic E-state index is 5.61. The van der Waals surface area contributed by atoms with E-state index in [9.17, 15) is 0 Å². The molecule has 17 heavy (non-hydrogen) atoms. The summed E-state index contributed by atoms with van der Waals surface area (Å²) in [6.07, 6.45) is 5.57. The Kier molecular flexibility index (Phi) is 3.18. The Morgan fingerprint density at radius 2 is 2.41 bits per heavy atom. The van der Waals surface area contributed by atoms with Crippen LogP contribution in [0.5, 0.6) is 0 Å². The van der Waals surface area contributed by atoms with Crippen LogP contribution in [0.1, 0.15) is 18.0 Å². The van der Waals surface area contributed by atoms with Gasteiger partial charge in [-0.25, -0.2) is 0 Å². The zero-order valence-electron chi connectivity index (χ0n) is 10.4. The number of nitrogens with zero attached hydrogens (tertiary/aromatic N) is 2. The normalized spacial score (nSPS) is 30.9. The number of hydrogen-bond acceptors (Lipinski definition) is 3. The van der Waals surface area contributed by atoms with Crippen LogP contribution in [-0.2, 0) is 11.8 Å². The van der Waals surface area contributed by atoms with Gasteiger partial charge in [0, 0.05) is 44.6 Å². The van der Waals surface area contributed by atoms with Crippen LogP contribution in [0.15, 0.2) is 18.5 Å². The second-order valence-corrected chi connectivity index (χ2v) is 5.09. The molecule has 0 aliphatic carbocycles. The number of nitrogens with one attached hydrogen (secondary N) is 1. The molecular weight excluding hydrogens is 214 g/mol. The molecule has 4 nitrogen and oxygen atoms in total. The molecule has 2 unspecified atom stereocenters. The fraction of sp³-hybridized carbons (Fsp3) is 0.692. The van der Waals surface area contributed by atoms with E-state index in [4.69, 9.17) is 4.74 Å². The first-order chi connectivity index (χ1) is 8.34. The minimum absolute atomic E-state index is 0.507. The van der Waals surface area contributed by atoms with Crippen LogP contribution in [0.3, 0.4) is 0 Å². The van der Waals surface area contributed by atoms with Gasteiger partial charge in [0.05, 0.1) is 13.2 Å². The Hall–Kier alpha value is -0.840. The van der Waals surface area contributed by atoms with Crippen LogP contribution in [0.2, 0.25) is 0 Å². The van der Waals surface area contributed by atoms with E-state index < -0.39 is 0 Å². The van der Waals surface area contributed by atoms with Crippen molar-refractivity contribution < 1.29 is 4.74 Å². The highest BCUT2D eigenvalue weighted by molar-refractivity contribution is 5.17. The molecule has 2 fully saturated rings. The zero-order chi connectivity index (χ0) is 11.7. The highest BCUT2D eigenvalue weighted by atomic mass is 16.5. The van der Waals surface area contributed by atoms with Crippen molar-refractivity contribution >= 4 is 0 Å². The third-order valence-electron chi connectivity index (χ3n) is 3.91. The van der Waals surface area contributed by atoms with E-state index in [2.05, 4.69) is 40.3 Å². The molecular formula is C13H21N3O. The standard InChI is InChI=1S/C13H21N3O/c1-15-5-3-11(9-15)13-8-14-4-2-12-10-17-7-6-16(12)13/h3,5,9,12-14H,2,4,6-8,10H2,1H3. The van der Waals surface area contributed by atoms with Gasteiger partial charge < -0.3 is 14.6 Å². The van der Waals surface area contributed by atoms with Crippen LogP contribution in [-0.4, -0.2) is 48.4 Å². The smallest absolute Gasteiger partial charge is 0.0623 e. The summed E-state index contributed by atoms with van der Waals surface area (Å²) in [6, 6.07) is 3.33. The molecule has 2 atom stereocenters. The Labute approximate surface area is 103 Å². The highest BCUT2D eigenvalue weighted by Gasteiger charge is 2.32. The van der Waals surface area contributed by atoms with Crippen LogP contribution in [0.4, 0.5) is 0 Å². The number of morpholine rings is 1. The lowest BCUT2D eigenvalue weighted by Crippen LogP contribution is -2.47. The molecule has 0 radical (unpaired) electrons. The summed E-state index contributed by atoms with van der Waals surface area (Å²) in [5, 5.41) is 3.55. The lowest BCUT2D eigenvalue weighted by Gasteiger charge is -2.39. The SMILES string of the molecule is Cn1ccc(C2CNCCC3COCCN32)c1. The predicted molar refractivity (Wildman–Crippen MR) is 67.0 cm³/mol. The molecule has 94 valence electrons. The van der Waals surface area contributed by atoms with Crippen molar-refractivity contribution in [1.29, 1.82) is 0 Å². The first kappa shape index (κ1) is 11.3. The van der Waals surface area contributed by atoms with E-state index in [1.54, 1.807) is 0 Å². The average molecular weight is 235 g/mol. The van der Waals surface area contributed by atoms with E-state index in [-0.39, 0.29) is 0 Å². The molecule has 1 aromatic heterocycles. The van der Waals surface area contributed by atoms with E-state index in [0.29, 0.717) is 12.1 Å². The van der Waals surface area contributed by atoms with E-state index >= 15 is 0 Å². The molecule has 0 amide bonds. The van der Waals surface area contributed by atoms with Crippen molar-refractivity contribution in [1.82, 2.24) is 14.8 Å². The Morgan fingerprint density at radius 3 is 3.24 bits per heavy atom. The molecule has 0 saturated carbocycles. The first-order valence-corrected chi connectivity index (χ1v) is 6.50. The van der Waals surface area contributed by atoms with Gasteiger partial charge in [0.2, 0.25) is 0 Å². The molecule has 3 heterocycles. The number of fused-ring (bicyclic) bond motifs is 1. The van der Waals surface area contributed by atoms with Crippen LogP contribution in [0.25, 0.3) is 0 Å². The molecule has 3 rings (SSSR count). The van der Waals surface area contributed by atoms with Crippen molar-refractivity contribution in [3.63, 3.8) is 0 Å². The average Bonchev–Trinajstić information content (AvgIpc) is 2.66. The fourth-order valence-electron chi connectivity index (χ4n) is 2.98. The van der Waals surface area contributed by atoms with E-state index in [1.807, 2.05) is 0 Å². The third kappa shape index (κ3) is 2.25. The summed E-state index contributed by atoms with van der Waals surface area (Å²) < 4.78 is 7.74. The summed E-state index contributed by atoms with van der Waals surface area (Å²) >= 11 is 0. The maximum absolute atomic E-state index is 5.61. The van der Waals surface area contributed by atoms with Crippen LogP contribution in [0, 0.1) is 0 Å². The van der Waals surface area contributed by atoms with Gasteiger partial charge in [-0.3, -0.25) is 4.90 Å². The predicted octanol–water partition coefficient (Wildman–Crippen LogP) is 0.760. The maximum Gasteiger partial charge on any atom is 0.0623 e. The minimum atomic E-state index is 0.507. The molecule has 0 aromatic carbocycles. The molecule has 2 aliphatic heterocycles. The lowest BCUT2D eigenvalue weighted by molar-refractivity contribution is -0.0249.